The summed E-state index contributed by atoms with van der Waals surface area (Å²) in [6, 6.07) is 8.51. The van der Waals surface area contributed by atoms with Crippen molar-refractivity contribution in [2.75, 3.05) is 17.2 Å². The Bertz CT molecular complexity index is 1090. The molecule has 13 heteroatoms. The van der Waals surface area contributed by atoms with Crippen molar-refractivity contribution in [2.45, 2.75) is 12.6 Å². The topological polar surface area (TPSA) is 151 Å². The largest absolute Gasteiger partial charge is 0.452 e. The Labute approximate surface area is 177 Å². The molecule has 0 aliphatic rings. The number of rotatable bonds is 7. The van der Waals surface area contributed by atoms with Crippen LogP contribution in [0.3, 0.4) is 0 Å². The number of nitro groups is 1. The standard InChI is InChI=1S/C19H13F3N4O6/c20-19(21,22)12-3-6-14(15(9-12)26(30)31)25-17(28)10-32-18(29)11-1-4-13(5-2-11)24-16(27)7-8-23/h1-6,9H,7,10H2,(H,24,27)(H,25,28). The van der Waals surface area contributed by atoms with E-state index >= 15 is 0 Å². The van der Waals surface area contributed by atoms with Crippen molar-refractivity contribution in [3.05, 3.63) is 63.7 Å². The summed E-state index contributed by atoms with van der Waals surface area (Å²) in [5.41, 5.74) is -2.42. The molecule has 0 heterocycles. The Morgan fingerprint density at radius 3 is 2.28 bits per heavy atom. The van der Waals surface area contributed by atoms with Gasteiger partial charge in [0, 0.05) is 11.8 Å². The fraction of sp³-hybridized carbons (Fsp3) is 0.158. The minimum absolute atomic E-state index is 0.0107. The van der Waals surface area contributed by atoms with Gasteiger partial charge in [0.25, 0.3) is 11.6 Å². The van der Waals surface area contributed by atoms with Crippen LogP contribution < -0.4 is 10.6 Å². The number of hydrogen-bond donors (Lipinski definition) is 2. The van der Waals surface area contributed by atoms with Gasteiger partial charge in [0.2, 0.25) is 5.91 Å². The summed E-state index contributed by atoms with van der Waals surface area (Å²) in [6.07, 6.45) is -5.16. The Morgan fingerprint density at radius 1 is 1.06 bits per heavy atom. The van der Waals surface area contributed by atoms with Gasteiger partial charge in [-0.25, -0.2) is 4.79 Å². The normalized spacial score (nSPS) is 10.6. The van der Waals surface area contributed by atoms with Crippen LogP contribution in [0.15, 0.2) is 42.5 Å². The smallest absolute Gasteiger partial charge is 0.416 e. The molecule has 166 valence electrons. The first-order valence-corrected chi connectivity index (χ1v) is 8.60. The maximum atomic E-state index is 12.7. The molecule has 2 aromatic rings. The molecule has 0 spiro atoms. The van der Waals surface area contributed by atoms with E-state index < -0.39 is 52.4 Å². The van der Waals surface area contributed by atoms with E-state index in [-0.39, 0.29) is 18.1 Å². The van der Waals surface area contributed by atoms with Crippen molar-refractivity contribution in [2.24, 2.45) is 0 Å². The minimum Gasteiger partial charge on any atom is -0.452 e. The first-order valence-electron chi connectivity index (χ1n) is 8.60. The summed E-state index contributed by atoms with van der Waals surface area (Å²) in [4.78, 5) is 45.2. The van der Waals surface area contributed by atoms with Gasteiger partial charge in [-0.1, -0.05) is 0 Å². The molecule has 10 nitrogen and oxygen atoms in total. The molecular formula is C19H13F3N4O6. The zero-order valence-corrected chi connectivity index (χ0v) is 15.9. The molecule has 2 aromatic carbocycles. The highest BCUT2D eigenvalue weighted by atomic mass is 19.4. The lowest BCUT2D eigenvalue weighted by molar-refractivity contribution is -0.384. The summed E-state index contributed by atoms with van der Waals surface area (Å²) in [5.74, 6) is -2.49. The number of nitro benzene ring substituents is 1. The van der Waals surface area contributed by atoms with Crippen LogP contribution in [0.1, 0.15) is 22.3 Å². The molecule has 0 unspecified atom stereocenters. The van der Waals surface area contributed by atoms with Gasteiger partial charge in [0.15, 0.2) is 6.61 Å². The predicted molar refractivity (Wildman–Crippen MR) is 102 cm³/mol. The van der Waals surface area contributed by atoms with Crippen molar-refractivity contribution in [3.63, 3.8) is 0 Å². The van der Waals surface area contributed by atoms with Gasteiger partial charge >= 0.3 is 12.1 Å². The number of alkyl halides is 3. The second-order valence-corrected chi connectivity index (χ2v) is 6.07. The highest BCUT2D eigenvalue weighted by molar-refractivity contribution is 5.97. The lowest BCUT2D eigenvalue weighted by atomic mass is 10.1. The van der Waals surface area contributed by atoms with Crippen LogP contribution in [0.4, 0.5) is 30.2 Å². The van der Waals surface area contributed by atoms with Gasteiger partial charge in [0.1, 0.15) is 12.1 Å². The zero-order chi connectivity index (χ0) is 23.9. The summed E-state index contributed by atoms with van der Waals surface area (Å²) in [6.45, 7) is -0.863. The van der Waals surface area contributed by atoms with E-state index in [1.54, 1.807) is 6.07 Å². The lowest BCUT2D eigenvalue weighted by Gasteiger charge is -2.10. The number of hydrogen-bond acceptors (Lipinski definition) is 7. The second kappa shape index (κ2) is 10.0. The van der Waals surface area contributed by atoms with Crippen molar-refractivity contribution < 1.29 is 37.2 Å². The number of carbonyl (C=O) groups is 3. The van der Waals surface area contributed by atoms with E-state index in [1.807, 2.05) is 5.32 Å². The van der Waals surface area contributed by atoms with Gasteiger partial charge in [-0.05, 0) is 36.4 Å². The van der Waals surface area contributed by atoms with Crippen LogP contribution >= 0.6 is 0 Å². The van der Waals surface area contributed by atoms with Crippen molar-refractivity contribution >= 4 is 34.8 Å². The molecule has 0 radical (unpaired) electrons. The molecule has 2 N–H and O–H groups in total. The fourth-order valence-corrected chi connectivity index (χ4v) is 2.33. The number of nitrogens with zero attached hydrogens (tertiary/aromatic N) is 2. The Morgan fingerprint density at radius 2 is 1.72 bits per heavy atom. The van der Waals surface area contributed by atoms with Crippen LogP contribution in [-0.4, -0.2) is 29.3 Å². The van der Waals surface area contributed by atoms with E-state index in [1.165, 1.54) is 24.3 Å². The summed E-state index contributed by atoms with van der Waals surface area (Å²) in [7, 11) is 0. The van der Waals surface area contributed by atoms with Gasteiger partial charge in [-0.3, -0.25) is 19.7 Å². The third kappa shape index (κ3) is 6.52. The maximum Gasteiger partial charge on any atom is 0.416 e. The average molecular weight is 450 g/mol. The Kier molecular flexibility index (Phi) is 7.46. The van der Waals surface area contributed by atoms with Crippen LogP contribution in [0.2, 0.25) is 0 Å². The molecule has 0 atom stereocenters. The quantitative estimate of drug-likeness (QED) is 0.373. The highest BCUT2D eigenvalue weighted by Gasteiger charge is 2.33. The first kappa shape index (κ1) is 23.8. The molecule has 2 amide bonds. The van der Waals surface area contributed by atoms with Gasteiger partial charge in [-0.15, -0.1) is 0 Å². The SMILES string of the molecule is N#CCC(=O)Nc1ccc(C(=O)OCC(=O)Nc2ccc(C(F)(F)F)cc2[N+](=O)[O-])cc1. The third-order valence-corrected chi connectivity index (χ3v) is 3.77. The zero-order valence-electron chi connectivity index (χ0n) is 15.9. The lowest BCUT2D eigenvalue weighted by Crippen LogP contribution is -2.21. The summed E-state index contributed by atoms with van der Waals surface area (Å²) >= 11 is 0. The van der Waals surface area contributed by atoms with E-state index in [4.69, 9.17) is 10.00 Å². The van der Waals surface area contributed by atoms with Gasteiger partial charge in [-0.2, -0.15) is 18.4 Å². The van der Waals surface area contributed by atoms with Crippen molar-refractivity contribution in [1.29, 1.82) is 5.26 Å². The van der Waals surface area contributed by atoms with Crippen LogP contribution in [0.5, 0.6) is 0 Å². The Balaban J connectivity index is 1.98. The van der Waals surface area contributed by atoms with E-state index in [9.17, 15) is 37.7 Å². The molecule has 0 aliphatic heterocycles. The number of halogens is 3. The average Bonchev–Trinajstić information content (AvgIpc) is 2.72. The number of nitriles is 1. The molecule has 0 aromatic heterocycles. The molecular weight excluding hydrogens is 437 g/mol. The second-order valence-electron chi connectivity index (χ2n) is 6.07. The third-order valence-electron chi connectivity index (χ3n) is 3.77. The van der Waals surface area contributed by atoms with E-state index in [0.717, 1.165) is 6.07 Å². The first-order chi connectivity index (χ1) is 15.0. The number of ether oxygens (including phenoxy) is 1. The van der Waals surface area contributed by atoms with Crippen LogP contribution in [-0.2, 0) is 20.5 Å². The molecule has 0 aliphatic carbocycles. The maximum absolute atomic E-state index is 12.7. The monoisotopic (exact) mass is 450 g/mol. The fourth-order valence-electron chi connectivity index (χ4n) is 2.33. The molecule has 0 bridgehead atoms. The molecule has 0 saturated carbocycles. The number of carbonyl (C=O) groups excluding carboxylic acids is 3. The number of amides is 2. The van der Waals surface area contributed by atoms with Crippen LogP contribution in [0.25, 0.3) is 0 Å². The number of esters is 1. The molecule has 0 fully saturated rings. The molecule has 2 rings (SSSR count). The predicted octanol–water partition coefficient (Wildman–Crippen LogP) is 3.26. The van der Waals surface area contributed by atoms with Gasteiger partial charge < -0.3 is 15.4 Å². The molecule has 0 saturated heterocycles. The minimum atomic E-state index is -4.81. The highest BCUT2D eigenvalue weighted by Crippen LogP contribution is 2.34. The van der Waals surface area contributed by atoms with Crippen molar-refractivity contribution in [1.82, 2.24) is 0 Å². The summed E-state index contributed by atoms with van der Waals surface area (Å²) in [5, 5.41) is 23.9. The Hall–Kier alpha value is -4.47. The van der Waals surface area contributed by atoms with Gasteiger partial charge in [0.05, 0.1) is 22.1 Å². The van der Waals surface area contributed by atoms with E-state index in [0.29, 0.717) is 11.8 Å². The van der Waals surface area contributed by atoms with E-state index in [2.05, 4.69) is 5.32 Å². The number of benzene rings is 2. The molecule has 32 heavy (non-hydrogen) atoms. The summed E-state index contributed by atoms with van der Waals surface area (Å²) < 4.78 is 42.9. The number of anilines is 2. The van der Waals surface area contributed by atoms with Crippen LogP contribution in [0, 0.1) is 21.4 Å². The van der Waals surface area contributed by atoms with Crippen molar-refractivity contribution in [3.8, 4) is 6.07 Å². The number of nitrogens with one attached hydrogen (secondary N) is 2.